The molecule has 2 unspecified atom stereocenters. The van der Waals surface area contributed by atoms with Gasteiger partial charge in [0.05, 0.1) is 0 Å². The normalized spacial score (nSPS) is 25.3. The maximum Gasteiger partial charge on any atom is 0.0340 e. The van der Waals surface area contributed by atoms with Crippen molar-refractivity contribution in [2.24, 2.45) is 11.7 Å². The Bertz CT molecular complexity index is 392. The molecule has 0 fully saturated rings. The number of hydrogen-bond acceptors (Lipinski definition) is 2. The van der Waals surface area contributed by atoms with Gasteiger partial charge in [0.15, 0.2) is 0 Å². The van der Waals surface area contributed by atoms with Gasteiger partial charge in [-0.25, -0.2) is 0 Å². The molecule has 0 spiro atoms. The van der Waals surface area contributed by atoms with Crippen LogP contribution in [0, 0.1) is 5.92 Å². The fourth-order valence-corrected chi connectivity index (χ4v) is 3.21. The van der Waals surface area contributed by atoms with E-state index in [1.54, 1.807) is 0 Å². The monoisotopic (exact) mass is 235 g/mol. The van der Waals surface area contributed by atoms with Crippen LogP contribution in [0.25, 0.3) is 0 Å². The summed E-state index contributed by atoms with van der Waals surface area (Å²) in [6.07, 6.45) is 0. The van der Waals surface area contributed by atoms with E-state index in [4.69, 9.17) is 5.73 Å². The van der Waals surface area contributed by atoms with Crippen LogP contribution in [-0.2, 0) is 5.41 Å². The van der Waals surface area contributed by atoms with E-state index >= 15 is 0 Å². The molecule has 1 aromatic rings. The third-order valence-corrected chi connectivity index (χ3v) is 4.72. The molecule has 16 heavy (non-hydrogen) atoms. The molecule has 1 aliphatic heterocycles. The second-order valence-corrected chi connectivity index (χ2v) is 6.88. The summed E-state index contributed by atoms with van der Waals surface area (Å²) in [5, 5.41) is 0. The first-order valence-electron chi connectivity index (χ1n) is 5.92. The SMILES string of the molecule is CC1CSc2ccc(C(C)(C)C)cc2C1N. The molecule has 0 aromatic heterocycles. The van der Waals surface area contributed by atoms with Crippen LogP contribution in [0.2, 0.25) is 0 Å². The van der Waals surface area contributed by atoms with Crippen molar-refractivity contribution >= 4 is 11.8 Å². The van der Waals surface area contributed by atoms with Crippen molar-refractivity contribution in [1.29, 1.82) is 0 Å². The lowest BCUT2D eigenvalue weighted by atomic mass is 9.84. The van der Waals surface area contributed by atoms with E-state index in [0.29, 0.717) is 5.92 Å². The standard InChI is InChI=1S/C14H21NS/c1-9-8-16-12-6-5-10(14(2,3)4)7-11(12)13(9)15/h5-7,9,13H,8,15H2,1-4H3. The minimum atomic E-state index is 0.207. The minimum absolute atomic E-state index is 0.207. The van der Waals surface area contributed by atoms with Crippen LogP contribution in [0.3, 0.4) is 0 Å². The zero-order chi connectivity index (χ0) is 11.9. The zero-order valence-corrected chi connectivity index (χ0v) is 11.4. The summed E-state index contributed by atoms with van der Waals surface area (Å²) in [5.74, 6) is 1.72. The minimum Gasteiger partial charge on any atom is -0.324 e. The van der Waals surface area contributed by atoms with Gasteiger partial charge in [-0.3, -0.25) is 0 Å². The van der Waals surface area contributed by atoms with Gasteiger partial charge in [-0.15, -0.1) is 11.8 Å². The van der Waals surface area contributed by atoms with Crippen LogP contribution >= 0.6 is 11.8 Å². The Hall–Kier alpha value is -0.470. The van der Waals surface area contributed by atoms with Crippen molar-refractivity contribution < 1.29 is 0 Å². The van der Waals surface area contributed by atoms with E-state index < -0.39 is 0 Å². The van der Waals surface area contributed by atoms with Crippen LogP contribution in [0.5, 0.6) is 0 Å². The summed E-state index contributed by atoms with van der Waals surface area (Å²) >= 11 is 1.94. The van der Waals surface area contributed by atoms with Crippen molar-refractivity contribution in [3.63, 3.8) is 0 Å². The number of hydrogen-bond donors (Lipinski definition) is 1. The van der Waals surface area contributed by atoms with Crippen LogP contribution in [-0.4, -0.2) is 5.75 Å². The van der Waals surface area contributed by atoms with Crippen LogP contribution in [0.15, 0.2) is 23.1 Å². The van der Waals surface area contributed by atoms with E-state index in [0.717, 1.165) is 5.75 Å². The maximum absolute atomic E-state index is 6.29. The smallest absolute Gasteiger partial charge is 0.0340 e. The molecule has 0 saturated heterocycles. The number of benzene rings is 1. The summed E-state index contributed by atoms with van der Waals surface area (Å²) < 4.78 is 0. The van der Waals surface area contributed by atoms with Gasteiger partial charge in [-0.2, -0.15) is 0 Å². The molecule has 2 heteroatoms. The first-order valence-corrected chi connectivity index (χ1v) is 6.91. The Morgan fingerprint density at radius 3 is 2.62 bits per heavy atom. The number of nitrogens with two attached hydrogens (primary N) is 1. The first kappa shape index (κ1) is 12.0. The summed E-state index contributed by atoms with van der Waals surface area (Å²) in [7, 11) is 0. The molecule has 0 bridgehead atoms. The average molecular weight is 235 g/mol. The Morgan fingerprint density at radius 2 is 2.00 bits per heavy atom. The maximum atomic E-state index is 6.29. The molecule has 1 heterocycles. The lowest BCUT2D eigenvalue weighted by Crippen LogP contribution is -2.25. The molecule has 1 aromatic carbocycles. The van der Waals surface area contributed by atoms with E-state index in [9.17, 15) is 0 Å². The molecule has 2 atom stereocenters. The highest BCUT2D eigenvalue weighted by Crippen LogP contribution is 2.40. The quantitative estimate of drug-likeness (QED) is 0.741. The predicted octanol–water partition coefficient (Wildman–Crippen LogP) is 3.73. The van der Waals surface area contributed by atoms with Crippen molar-refractivity contribution in [2.45, 2.75) is 44.0 Å². The molecule has 2 rings (SSSR count). The average Bonchev–Trinajstić information content (AvgIpc) is 2.22. The fraction of sp³-hybridized carbons (Fsp3) is 0.571. The lowest BCUT2D eigenvalue weighted by molar-refractivity contribution is 0.503. The largest absolute Gasteiger partial charge is 0.324 e. The lowest BCUT2D eigenvalue weighted by Gasteiger charge is -2.30. The molecule has 1 aliphatic rings. The third-order valence-electron chi connectivity index (χ3n) is 3.35. The van der Waals surface area contributed by atoms with Gasteiger partial charge in [0.2, 0.25) is 0 Å². The number of rotatable bonds is 0. The molecule has 0 saturated carbocycles. The molecular formula is C14H21NS. The van der Waals surface area contributed by atoms with Crippen molar-refractivity contribution in [3.8, 4) is 0 Å². The van der Waals surface area contributed by atoms with Gasteiger partial charge in [0, 0.05) is 16.7 Å². The fourth-order valence-electron chi connectivity index (χ4n) is 2.04. The van der Waals surface area contributed by atoms with Gasteiger partial charge in [-0.1, -0.05) is 39.8 Å². The van der Waals surface area contributed by atoms with Crippen LogP contribution < -0.4 is 5.73 Å². The van der Waals surface area contributed by atoms with Gasteiger partial charge < -0.3 is 5.73 Å². The van der Waals surface area contributed by atoms with Gasteiger partial charge in [0.1, 0.15) is 0 Å². The van der Waals surface area contributed by atoms with E-state index in [2.05, 4.69) is 45.9 Å². The Balaban J connectivity index is 2.45. The molecule has 0 radical (unpaired) electrons. The van der Waals surface area contributed by atoms with Crippen molar-refractivity contribution in [2.75, 3.05) is 5.75 Å². The Labute approximate surface area is 103 Å². The molecule has 2 N–H and O–H groups in total. The van der Waals surface area contributed by atoms with Crippen molar-refractivity contribution in [3.05, 3.63) is 29.3 Å². The third kappa shape index (κ3) is 2.14. The first-order chi connectivity index (χ1) is 7.39. The van der Waals surface area contributed by atoms with Gasteiger partial charge >= 0.3 is 0 Å². The molecule has 1 nitrogen and oxygen atoms in total. The number of thioether (sulfide) groups is 1. The van der Waals surface area contributed by atoms with Gasteiger partial charge in [-0.05, 0) is 28.5 Å². The highest BCUT2D eigenvalue weighted by Gasteiger charge is 2.25. The Morgan fingerprint density at radius 1 is 1.31 bits per heavy atom. The summed E-state index contributed by atoms with van der Waals surface area (Å²) in [6.45, 7) is 8.99. The second-order valence-electron chi connectivity index (χ2n) is 5.82. The predicted molar refractivity (Wildman–Crippen MR) is 72.0 cm³/mol. The summed E-state index contributed by atoms with van der Waals surface area (Å²) in [4.78, 5) is 1.37. The summed E-state index contributed by atoms with van der Waals surface area (Å²) in [5.41, 5.74) is 9.23. The van der Waals surface area contributed by atoms with E-state index in [1.165, 1.54) is 16.0 Å². The second kappa shape index (κ2) is 4.08. The van der Waals surface area contributed by atoms with Gasteiger partial charge in [0.25, 0.3) is 0 Å². The topological polar surface area (TPSA) is 26.0 Å². The van der Waals surface area contributed by atoms with E-state index in [-0.39, 0.29) is 11.5 Å². The number of fused-ring (bicyclic) bond motifs is 1. The molecular weight excluding hydrogens is 214 g/mol. The highest BCUT2D eigenvalue weighted by molar-refractivity contribution is 7.99. The zero-order valence-electron chi connectivity index (χ0n) is 10.6. The van der Waals surface area contributed by atoms with Crippen LogP contribution in [0.4, 0.5) is 0 Å². The molecule has 0 aliphatic carbocycles. The Kier molecular flexibility index (Phi) is 3.06. The molecule has 88 valence electrons. The van der Waals surface area contributed by atoms with Crippen LogP contribution in [0.1, 0.15) is 44.9 Å². The highest BCUT2D eigenvalue weighted by atomic mass is 32.2. The van der Waals surface area contributed by atoms with Crippen molar-refractivity contribution in [1.82, 2.24) is 0 Å². The molecule has 0 amide bonds. The summed E-state index contributed by atoms with van der Waals surface area (Å²) in [6, 6.07) is 7.00. The van der Waals surface area contributed by atoms with E-state index in [1.807, 2.05) is 11.8 Å².